The lowest BCUT2D eigenvalue weighted by molar-refractivity contribution is 0.426. The third-order valence-electron chi connectivity index (χ3n) is 5.12. The van der Waals surface area contributed by atoms with Crippen LogP contribution in [0.15, 0.2) is 41.8 Å². The first-order chi connectivity index (χ1) is 9.84. The molecule has 0 aliphatic heterocycles. The fourth-order valence-electron chi connectivity index (χ4n) is 3.94. The average Bonchev–Trinajstić information content (AvgIpc) is 3.16. The predicted molar refractivity (Wildman–Crippen MR) is 85.3 cm³/mol. The smallest absolute Gasteiger partial charge is 0.0143 e. The van der Waals surface area contributed by atoms with Crippen molar-refractivity contribution < 1.29 is 0 Å². The van der Waals surface area contributed by atoms with Crippen molar-refractivity contribution in [1.29, 1.82) is 0 Å². The molecule has 2 heteroatoms. The highest BCUT2D eigenvalue weighted by Crippen LogP contribution is 2.53. The first kappa shape index (κ1) is 12.6. The van der Waals surface area contributed by atoms with Crippen LogP contribution in [0.1, 0.15) is 47.1 Å². The van der Waals surface area contributed by atoms with Crippen molar-refractivity contribution in [3.63, 3.8) is 0 Å². The lowest BCUT2D eigenvalue weighted by Crippen LogP contribution is -2.32. The van der Waals surface area contributed by atoms with Gasteiger partial charge in [-0.25, -0.2) is 0 Å². The fourth-order valence-corrected chi connectivity index (χ4v) is 4.94. The van der Waals surface area contributed by atoms with Gasteiger partial charge in [-0.3, -0.25) is 0 Å². The third-order valence-corrected chi connectivity index (χ3v) is 6.12. The van der Waals surface area contributed by atoms with E-state index >= 15 is 0 Å². The number of hydrogen-bond donors (Lipinski definition) is 1. The third kappa shape index (κ3) is 2.11. The summed E-state index contributed by atoms with van der Waals surface area (Å²) in [5, 5.41) is 2.25. The van der Waals surface area contributed by atoms with Crippen LogP contribution in [-0.2, 0) is 6.42 Å². The highest BCUT2D eigenvalue weighted by Gasteiger charge is 2.45. The van der Waals surface area contributed by atoms with E-state index in [0.29, 0.717) is 23.8 Å². The molecule has 4 rings (SSSR count). The summed E-state index contributed by atoms with van der Waals surface area (Å²) in [6.07, 6.45) is 5.14. The van der Waals surface area contributed by atoms with Gasteiger partial charge in [-0.15, -0.1) is 11.3 Å². The quantitative estimate of drug-likeness (QED) is 0.893. The second kappa shape index (κ2) is 5.01. The Morgan fingerprint density at radius 1 is 1.15 bits per heavy atom. The molecule has 0 radical (unpaired) electrons. The van der Waals surface area contributed by atoms with Crippen LogP contribution in [0, 0.1) is 5.92 Å². The molecule has 1 nitrogen and oxygen atoms in total. The molecular formula is C18H21NS. The Kier molecular flexibility index (Phi) is 3.16. The molecule has 0 saturated heterocycles. The summed E-state index contributed by atoms with van der Waals surface area (Å²) in [4.78, 5) is 1.59. The minimum atomic E-state index is 0.342. The average molecular weight is 283 g/mol. The molecule has 20 heavy (non-hydrogen) atoms. The van der Waals surface area contributed by atoms with Crippen LogP contribution < -0.4 is 5.73 Å². The number of aryl methyl sites for hydroxylation is 1. The summed E-state index contributed by atoms with van der Waals surface area (Å²) in [6.45, 7) is 0. The summed E-state index contributed by atoms with van der Waals surface area (Å²) in [5.74, 6) is 1.99. The molecule has 1 heterocycles. The van der Waals surface area contributed by atoms with Crippen LogP contribution in [-0.4, -0.2) is 6.04 Å². The second-order valence-corrected chi connectivity index (χ2v) is 7.29. The van der Waals surface area contributed by atoms with E-state index in [1.807, 2.05) is 11.3 Å². The van der Waals surface area contributed by atoms with Crippen molar-refractivity contribution in [2.75, 3.05) is 0 Å². The molecule has 1 fully saturated rings. The Morgan fingerprint density at radius 2 is 2.00 bits per heavy atom. The van der Waals surface area contributed by atoms with Gasteiger partial charge >= 0.3 is 0 Å². The van der Waals surface area contributed by atoms with Crippen LogP contribution in [0.5, 0.6) is 0 Å². The fraction of sp³-hybridized carbons (Fsp3) is 0.444. The van der Waals surface area contributed by atoms with E-state index in [-0.39, 0.29) is 0 Å². The van der Waals surface area contributed by atoms with Crippen molar-refractivity contribution in [2.24, 2.45) is 11.7 Å². The lowest BCUT2D eigenvalue weighted by atomic mass is 9.80. The molecule has 2 aromatic rings. The van der Waals surface area contributed by atoms with E-state index in [9.17, 15) is 0 Å². The first-order valence-corrected chi connectivity index (χ1v) is 8.59. The molecule has 2 N–H and O–H groups in total. The Bertz CT molecular complexity index is 588. The monoisotopic (exact) mass is 283 g/mol. The molecule has 1 saturated carbocycles. The summed E-state index contributed by atoms with van der Waals surface area (Å²) in [6, 6.07) is 13.6. The summed E-state index contributed by atoms with van der Waals surface area (Å²) in [5.41, 5.74) is 9.70. The highest BCUT2D eigenvalue weighted by atomic mass is 32.1. The van der Waals surface area contributed by atoms with Crippen LogP contribution in [0.2, 0.25) is 0 Å². The number of thiophene rings is 1. The van der Waals surface area contributed by atoms with Gasteiger partial charge in [0.05, 0.1) is 0 Å². The van der Waals surface area contributed by atoms with E-state index < -0.39 is 0 Å². The minimum absolute atomic E-state index is 0.342. The predicted octanol–water partition coefficient (Wildman–Crippen LogP) is 4.30. The van der Waals surface area contributed by atoms with Gasteiger partial charge in [-0.05, 0) is 60.1 Å². The van der Waals surface area contributed by atoms with E-state index in [4.69, 9.17) is 5.73 Å². The maximum absolute atomic E-state index is 6.66. The molecule has 2 aliphatic carbocycles. The number of fused-ring (bicyclic) bond motifs is 1. The molecule has 1 aromatic heterocycles. The maximum atomic E-state index is 6.66. The topological polar surface area (TPSA) is 26.0 Å². The van der Waals surface area contributed by atoms with Gasteiger partial charge in [-0.2, -0.15) is 0 Å². The first-order valence-electron chi connectivity index (χ1n) is 7.71. The number of hydrogen-bond acceptors (Lipinski definition) is 2. The van der Waals surface area contributed by atoms with Gasteiger partial charge in [0.25, 0.3) is 0 Å². The zero-order valence-electron chi connectivity index (χ0n) is 11.7. The van der Waals surface area contributed by atoms with Crippen LogP contribution in [0.3, 0.4) is 0 Å². The van der Waals surface area contributed by atoms with E-state index in [2.05, 4.69) is 41.8 Å². The van der Waals surface area contributed by atoms with Gasteiger partial charge in [0, 0.05) is 16.8 Å². The van der Waals surface area contributed by atoms with Crippen LogP contribution in [0.4, 0.5) is 0 Å². The largest absolute Gasteiger partial charge is 0.327 e. The second-order valence-electron chi connectivity index (χ2n) is 6.29. The molecule has 4 atom stereocenters. The molecule has 0 amide bonds. The SMILES string of the molecule is NC(C1CCCc2sccc21)C1CC1c1ccccc1. The maximum Gasteiger partial charge on any atom is 0.0143 e. The van der Waals surface area contributed by atoms with Gasteiger partial charge in [0.1, 0.15) is 0 Å². The van der Waals surface area contributed by atoms with Crippen molar-refractivity contribution in [3.8, 4) is 0 Å². The van der Waals surface area contributed by atoms with E-state index in [1.54, 1.807) is 10.4 Å². The highest BCUT2D eigenvalue weighted by molar-refractivity contribution is 7.10. The van der Waals surface area contributed by atoms with Crippen LogP contribution in [0.25, 0.3) is 0 Å². The van der Waals surface area contributed by atoms with Crippen LogP contribution >= 0.6 is 11.3 Å². The Hall–Kier alpha value is -1.12. The van der Waals surface area contributed by atoms with E-state index in [0.717, 1.165) is 0 Å². The van der Waals surface area contributed by atoms with Gasteiger partial charge < -0.3 is 5.73 Å². The van der Waals surface area contributed by atoms with Gasteiger partial charge in [-0.1, -0.05) is 30.3 Å². The molecular weight excluding hydrogens is 262 g/mol. The standard InChI is InChI=1S/C18H21NS/c19-18(14-7-4-8-17-13(14)9-10-20-17)16-11-15(16)12-5-2-1-3-6-12/h1-3,5-6,9-10,14-16,18H,4,7-8,11,19H2. The van der Waals surface area contributed by atoms with Crippen molar-refractivity contribution in [3.05, 3.63) is 57.8 Å². The zero-order valence-corrected chi connectivity index (χ0v) is 12.5. The normalized spacial score (nSPS) is 29.8. The number of benzene rings is 1. The van der Waals surface area contributed by atoms with Crippen molar-refractivity contribution >= 4 is 11.3 Å². The van der Waals surface area contributed by atoms with Crippen molar-refractivity contribution in [2.45, 2.75) is 43.6 Å². The number of rotatable bonds is 3. The molecule has 2 aliphatic rings. The summed E-state index contributed by atoms with van der Waals surface area (Å²) in [7, 11) is 0. The Labute approximate surface area is 124 Å². The molecule has 0 spiro atoms. The number of nitrogens with two attached hydrogens (primary N) is 1. The lowest BCUT2D eigenvalue weighted by Gasteiger charge is -2.28. The molecule has 1 aromatic carbocycles. The summed E-state index contributed by atoms with van der Waals surface area (Å²) >= 11 is 1.92. The molecule has 4 unspecified atom stereocenters. The Balaban J connectivity index is 1.52. The van der Waals surface area contributed by atoms with Crippen molar-refractivity contribution in [1.82, 2.24) is 0 Å². The van der Waals surface area contributed by atoms with Gasteiger partial charge in [0.2, 0.25) is 0 Å². The Morgan fingerprint density at radius 3 is 2.85 bits per heavy atom. The van der Waals surface area contributed by atoms with Gasteiger partial charge in [0.15, 0.2) is 0 Å². The minimum Gasteiger partial charge on any atom is -0.327 e. The molecule has 0 bridgehead atoms. The zero-order chi connectivity index (χ0) is 13.5. The molecule has 104 valence electrons. The van der Waals surface area contributed by atoms with E-state index in [1.165, 1.54) is 31.2 Å². The summed E-state index contributed by atoms with van der Waals surface area (Å²) < 4.78 is 0.